The van der Waals surface area contributed by atoms with Crippen LogP contribution in [0.1, 0.15) is 24.6 Å². The minimum atomic E-state index is -0.107. The van der Waals surface area contributed by atoms with Gasteiger partial charge in [0.25, 0.3) is 0 Å². The number of nitrogens with zero attached hydrogens (tertiary/aromatic N) is 1. The molecule has 0 saturated carbocycles. The van der Waals surface area contributed by atoms with Crippen LogP contribution in [-0.4, -0.2) is 31.7 Å². The van der Waals surface area contributed by atoms with Gasteiger partial charge in [-0.25, -0.2) is 4.98 Å². The second-order valence-corrected chi connectivity index (χ2v) is 7.62. The zero-order valence-corrected chi connectivity index (χ0v) is 18.5. The van der Waals surface area contributed by atoms with E-state index in [-0.39, 0.29) is 12.3 Å². The Morgan fingerprint density at radius 1 is 1.10 bits per heavy atom. The Hall–Kier alpha value is -3.06. The van der Waals surface area contributed by atoms with E-state index >= 15 is 0 Å². The van der Waals surface area contributed by atoms with Crippen molar-refractivity contribution < 1.29 is 19.0 Å². The molecule has 2 aromatic carbocycles. The molecular weight excluding hydrogens is 400 g/mol. The summed E-state index contributed by atoms with van der Waals surface area (Å²) in [5, 5.41) is 5.69. The van der Waals surface area contributed by atoms with Crippen LogP contribution in [0.3, 0.4) is 0 Å². The van der Waals surface area contributed by atoms with Gasteiger partial charge in [0, 0.05) is 16.6 Å². The topological polar surface area (TPSA) is 69.7 Å². The van der Waals surface area contributed by atoms with Crippen molar-refractivity contribution in [3.63, 3.8) is 0 Å². The predicted octanol–water partition coefficient (Wildman–Crippen LogP) is 5.11. The molecule has 7 heteroatoms. The highest BCUT2D eigenvalue weighted by molar-refractivity contribution is 7.13. The number of amides is 1. The first kappa shape index (κ1) is 21.6. The lowest BCUT2D eigenvalue weighted by Gasteiger charge is -2.10. The largest absolute Gasteiger partial charge is 0.494 e. The normalized spacial score (nSPS) is 10.5. The third kappa shape index (κ3) is 5.30. The number of benzene rings is 2. The number of aromatic nitrogens is 1. The fraction of sp³-hybridized carbons (Fsp3) is 0.304. The van der Waals surface area contributed by atoms with Gasteiger partial charge in [-0.1, -0.05) is 6.92 Å². The molecule has 0 saturated heterocycles. The average molecular weight is 427 g/mol. The standard InChI is InChI=1S/C23H26N2O4S/c1-5-10-29-18-7-8-19(15(2)11-18)25-22(26)13-17-14-30-23(24-17)16-6-9-20(27-3)21(12-16)28-4/h6-9,11-12,14H,5,10,13H2,1-4H3,(H,25,26). The van der Waals surface area contributed by atoms with Crippen molar-refractivity contribution in [1.29, 1.82) is 0 Å². The van der Waals surface area contributed by atoms with Crippen molar-refractivity contribution in [1.82, 2.24) is 4.98 Å². The number of hydrogen-bond acceptors (Lipinski definition) is 6. The molecule has 1 heterocycles. The Labute approximate surface area is 180 Å². The summed E-state index contributed by atoms with van der Waals surface area (Å²) in [7, 11) is 3.20. The van der Waals surface area contributed by atoms with Crippen LogP contribution in [0.5, 0.6) is 17.2 Å². The summed E-state index contributed by atoms with van der Waals surface area (Å²) in [6, 6.07) is 11.3. The molecule has 0 spiro atoms. The lowest BCUT2D eigenvalue weighted by atomic mass is 10.2. The van der Waals surface area contributed by atoms with E-state index in [9.17, 15) is 4.79 Å². The van der Waals surface area contributed by atoms with Crippen LogP contribution in [0.2, 0.25) is 0 Å². The molecule has 0 bridgehead atoms. The molecule has 3 aromatic rings. The number of carbonyl (C=O) groups excluding carboxylic acids is 1. The molecule has 1 amide bonds. The molecule has 0 radical (unpaired) electrons. The van der Waals surface area contributed by atoms with E-state index in [1.54, 1.807) is 14.2 Å². The molecular formula is C23H26N2O4S. The first-order valence-corrected chi connectivity index (χ1v) is 10.6. The van der Waals surface area contributed by atoms with Crippen LogP contribution >= 0.6 is 11.3 Å². The first-order chi connectivity index (χ1) is 14.5. The summed E-state index contributed by atoms with van der Waals surface area (Å²) in [5.41, 5.74) is 3.38. The lowest BCUT2D eigenvalue weighted by molar-refractivity contribution is -0.115. The van der Waals surface area contributed by atoms with E-state index < -0.39 is 0 Å². The van der Waals surface area contributed by atoms with Gasteiger partial charge in [-0.2, -0.15) is 0 Å². The maximum atomic E-state index is 12.5. The number of ether oxygens (including phenoxy) is 3. The van der Waals surface area contributed by atoms with Crippen molar-refractivity contribution in [2.24, 2.45) is 0 Å². The molecule has 30 heavy (non-hydrogen) atoms. The van der Waals surface area contributed by atoms with E-state index in [1.807, 2.05) is 48.7 Å². The van der Waals surface area contributed by atoms with Crippen molar-refractivity contribution in [3.8, 4) is 27.8 Å². The van der Waals surface area contributed by atoms with Crippen molar-refractivity contribution in [3.05, 3.63) is 53.0 Å². The second kappa shape index (κ2) is 10.1. The van der Waals surface area contributed by atoms with E-state index in [0.717, 1.165) is 39.7 Å². The zero-order valence-electron chi connectivity index (χ0n) is 17.7. The van der Waals surface area contributed by atoms with E-state index in [1.165, 1.54) is 11.3 Å². The van der Waals surface area contributed by atoms with Crippen LogP contribution in [0.4, 0.5) is 5.69 Å². The Morgan fingerprint density at radius 2 is 1.90 bits per heavy atom. The predicted molar refractivity (Wildman–Crippen MR) is 120 cm³/mol. The minimum absolute atomic E-state index is 0.107. The summed E-state index contributed by atoms with van der Waals surface area (Å²) >= 11 is 1.49. The van der Waals surface area contributed by atoms with Gasteiger partial charge >= 0.3 is 0 Å². The van der Waals surface area contributed by atoms with Gasteiger partial charge in [-0.3, -0.25) is 4.79 Å². The fourth-order valence-corrected chi connectivity index (χ4v) is 3.75. The van der Waals surface area contributed by atoms with Crippen molar-refractivity contribution in [2.75, 3.05) is 26.1 Å². The van der Waals surface area contributed by atoms with E-state index in [4.69, 9.17) is 14.2 Å². The highest BCUT2D eigenvalue weighted by Crippen LogP contribution is 2.33. The summed E-state index contributed by atoms with van der Waals surface area (Å²) in [4.78, 5) is 17.1. The van der Waals surface area contributed by atoms with Crippen LogP contribution in [-0.2, 0) is 11.2 Å². The van der Waals surface area contributed by atoms with Crippen LogP contribution in [0.25, 0.3) is 10.6 Å². The highest BCUT2D eigenvalue weighted by Gasteiger charge is 2.13. The molecule has 6 nitrogen and oxygen atoms in total. The van der Waals surface area contributed by atoms with Crippen molar-refractivity contribution >= 4 is 22.9 Å². The average Bonchev–Trinajstić information content (AvgIpc) is 3.21. The molecule has 3 rings (SSSR count). The number of nitrogens with one attached hydrogen (secondary N) is 1. The van der Waals surface area contributed by atoms with Crippen LogP contribution in [0, 0.1) is 6.92 Å². The van der Waals surface area contributed by atoms with Gasteiger partial charge in [0.15, 0.2) is 11.5 Å². The van der Waals surface area contributed by atoms with Gasteiger partial charge in [0.1, 0.15) is 10.8 Å². The van der Waals surface area contributed by atoms with Crippen LogP contribution < -0.4 is 19.5 Å². The van der Waals surface area contributed by atoms with Crippen molar-refractivity contribution in [2.45, 2.75) is 26.7 Å². The summed E-state index contributed by atoms with van der Waals surface area (Å²) in [5.74, 6) is 2.01. The molecule has 0 unspecified atom stereocenters. The summed E-state index contributed by atoms with van der Waals surface area (Å²) in [6.07, 6.45) is 1.16. The number of aryl methyl sites for hydroxylation is 1. The zero-order chi connectivity index (χ0) is 21.5. The monoisotopic (exact) mass is 426 g/mol. The van der Waals surface area contributed by atoms with Gasteiger partial charge in [0.05, 0.1) is 32.9 Å². The summed E-state index contributed by atoms with van der Waals surface area (Å²) < 4.78 is 16.3. The number of hydrogen-bond donors (Lipinski definition) is 1. The maximum Gasteiger partial charge on any atom is 0.230 e. The second-order valence-electron chi connectivity index (χ2n) is 6.76. The SMILES string of the molecule is CCCOc1ccc(NC(=O)Cc2csc(-c3ccc(OC)c(OC)c3)n2)c(C)c1. The quantitative estimate of drug-likeness (QED) is 0.515. The molecule has 1 aromatic heterocycles. The van der Waals surface area contributed by atoms with E-state index in [0.29, 0.717) is 18.1 Å². The molecule has 0 aliphatic heterocycles. The number of carbonyl (C=O) groups is 1. The number of anilines is 1. The van der Waals surface area contributed by atoms with Crippen LogP contribution in [0.15, 0.2) is 41.8 Å². The number of rotatable bonds is 9. The smallest absolute Gasteiger partial charge is 0.230 e. The molecule has 1 N–H and O–H groups in total. The van der Waals surface area contributed by atoms with Gasteiger partial charge < -0.3 is 19.5 Å². The Bertz CT molecular complexity index is 1020. The third-order valence-corrected chi connectivity index (χ3v) is 5.41. The van der Waals surface area contributed by atoms with Gasteiger partial charge in [-0.05, 0) is 55.3 Å². The third-order valence-electron chi connectivity index (χ3n) is 4.47. The lowest BCUT2D eigenvalue weighted by Crippen LogP contribution is -2.15. The molecule has 0 fully saturated rings. The molecule has 0 aliphatic rings. The van der Waals surface area contributed by atoms with E-state index in [2.05, 4.69) is 17.2 Å². The number of methoxy groups -OCH3 is 2. The Kier molecular flexibility index (Phi) is 7.30. The maximum absolute atomic E-state index is 12.5. The highest BCUT2D eigenvalue weighted by atomic mass is 32.1. The summed E-state index contributed by atoms with van der Waals surface area (Å²) in [6.45, 7) is 4.69. The molecule has 0 aliphatic carbocycles. The van der Waals surface area contributed by atoms with Gasteiger partial charge in [-0.15, -0.1) is 11.3 Å². The molecule has 0 atom stereocenters. The fourth-order valence-electron chi connectivity index (χ4n) is 2.94. The minimum Gasteiger partial charge on any atom is -0.494 e. The van der Waals surface area contributed by atoms with Gasteiger partial charge in [0.2, 0.25) is 5.91 Å². The molecule has 158 valence electrons. The number of thiazole rings is 1. The first-order valence-electron chi connectivity index (χ1n) is 9.74. The Balaban J connectivity index is 1.65. The Morgan fingerprint density at radius 3 is 2.60 bits per heavy atom.